The predicted molar refractivity (Wildman–Crippen MR) is 94.0 cm³/mol. The Morgan fingerprint density at radius 2 is 1.96 bits per heavy atom. The summed E-state index contributed by atoms with van der Waals surface area (Å²) in [7, 11) is 1.65. The first-order valence-electron chi connectivity index (χ1n) is 7.86. The van der Waals surface area contributed by atoms with Gasteiger partial charge < -0.3 is 14.4 Å². The molecule has 0 radical (unpaired) electrons. The quantitative estimate of drug-likeness (QED) is 0.670. The average molecular weight is 327 g/mol. The van der Waals surface area contributed by atoms with Crippen molar-refractivity contribution in [2.45, 2.75) is 6.92 Å². The van der Waals surface area contributed by atoms with Crippen LogP contribution in [-0.4, -0.2) is 49.6 Å². The highest BCUT2D eigenvalue weighted by atomic mass is 16.5. The molecule has 1 N–H and O–H groups in total. The van der Waals surface area contributed by atoms with Gasteiger partial charge in [0, 0.05) is 24.8 Å². The Morgan fingerprint density at radius 1 is 1.21 bits per heavy atom. The summed E-state index contributed by atoms with van der Waals surface area (Å²) >= 11 is 0. The van der Waals surface area contributed by atoms with Crippen molar-refractivity contribution in [1.82, 2.24) is 9.97 Å². The van der Waals surface area contributed by atoms with Gasteiger partial charge in [-0.2, -0.15) is 10.1 Å². The zero-order valence-electron chi connectivity index (χ0n) is 13.9. The van der Waals surface area contributed by atoms with Gasteiger partial charge in [0.1, 0.15) is 5.75 Å². The van der Waals surface area contributed by atoms with Crippen molar-refractivity contribution in [2.75, 3.05) is 43.7 Å². The van der Waals surface area contributed by atoms with E-state index >= 15 is 0 Å². The normalized spacial score (nSPS) is 14.8. The van der Waals surface area contributed by atoms with E-state index in [1.165, 1.54) is 0 Å². The summed E-state index contributed by atoms with van der Waals surface area (Å²) < 4.78 is 10.5. The minimum absolute atomic E-state index is 0.675. The molecule has 1 aliphatic rings. The molecule has 24 heavy (non-hydrogen) atoms. The predicted octanol–water partition coefficient (Wildman–Crippen LogP) is 2.08. The van der Waals surface area contributed by atoms with E-state index in [2.05, 4.69) is 25.4 Å². The zero-order chi connectivity index (χ0) is 16.8. The molecule has 0 unspecified atom stereocenters. The number of hydrogen-bond donors (Lipinski definition) is 1. The lowest BCUT2D eigenvalue weighted by atomic mass is 10.2. The molecule has 2 aromatic rings. The number of rotatable bonds is 5. The molecule has 0 bridgehead atoms. The second kappa shape index (κ2) is 7.74. The van der Waals surface area contributed by atoms with Crippen LogP contribution < -0.4 is 15.1 Å². The number of anilines is 2. The standard InChI is InChI=1S/C17H21N5O2/c1-13-11-16(20-17(19-13)22-7-9-24-10-8-22)21-18-12-14-3-5-15(23-2)6-4-14/h3-6,11-12H,7-10H2,1-2H3,(H,19,20,21)/b18-12-. The highest BCUT2D eigenvalue weighted by molar-refractivity contribution is 5.80. The molecule has 0 atom stereocenters. The summed E-state index contributed by atoms with van der Waals surface area (Å²) in [6.07, 6.45) is 1.74. The molecule has 0 amide bonds. The first kappa shape index (κ1) is 16.2. The smallest absolute Gasteiger partial charge is 0.227 e. The fraction of sp³-hybridized carbons (Fsp3) is 0.353. The van der Waals surface area contributed by atoms with Crippen LogP contribution in [0.4, 0.5) is 11.8 Å². The van der Waals surface area contributed by atoms with Crippen LogP contribution in [0.15, 0.2) is 35.4 Å². The molecule has 0 spiro atoms. The Hall–Kier alpha value is -2.67. The number of aryl methyl sites for hydroxylation is 1. The number of morpholine rings is 1. The van der Waals surface area contributed by atoms with Crippen LogP contribution in [0.25, 0.3) is 0 Å². The van der Waals surface area contributed by atoms with Gasteiger partial charge in [-0.15, -0.1) is 0 Å². The molecule has 0 saturated carbocycles. The van der Waals surface area contributed by atoms with Gasteiger partial charge in [-0.05, 0) is 36.8 Å². The molecule has 3 rings (SSSR count). The summed E-state index contributed by atoms with van der Waals surface area (Å²) in [5, 5.41) is 4.25. The van der Waals surface area contributed by atoms with E-state index in [1.807, 2.05) is 37.3 Å². The van der Waals surface area contributed by atoms with Crippen molar-refractivity contribution < 1.29 is 9.47 Å². The number of benzene rings is 1. The summed E-state index contributed by atoms with van der Waals surface area (Å²) in [5.41, 5.74) is 4.84. The van der Waals surface area contributed by atoms with Crippen LogP contribution in [0, 0.1) is 6.92 Å². The fourth-order valence-electron chi connectivity index (χ4n) is 2.38. The summed E-state index contributed by atoms with van der Waals surface area (Å²) in [6, 6.07) is 9.54. The first-order chi connectivity index (χ1) is 11.7. The molecular formula is C17H21N5O2. The number of nitrogens with zero attached hydrogens (tertiary/aromatic N) is 4. The molecule has 7 nitrogen and oxygen atoms in total. The Morgan fingerprint density at radius 3 is 2.67 bits per heavy atom. The van der Waals surface area contributed by atoms with Gasteiger partial charge in [-0.1, -0.05) is 0 Å². The molecule has 1 aliphatic heterocycles. The van der Waals surface area contributed by atoms with Crippen LogP contribution in [0.2, 0.25) is 0 Å². The van der Waals surface area contributed by atoms with E-state index in [-0.39, 0.29) is 0 Å². The lowest BCUT2D eigenvalue weighted by Gasteiger charge is -2.27. The third kappa shape index (κ3) is 4.20. The van der Waals surface area contributed by atoms with Gasteiger partial charge in [-0.3, -0.25) is 5.43 Å². The van der Waals surface area contributed by atoms with Crippen molar-refractivity contribution in [1.29, 1.82) is 0 Å². The Bertz CT molecular complexity index is 697. The van der Waals surface area contributed by atoms with Gasteiger partial charge >= 0.3 is 0 Å². The Labute approximate surface area is 141 Å². The van der Waals surface area contributed by atoms with Crippen LogP contribution in [-0.2, 0) is 4.74 Å². The number of nitrogens with one attached hydrogen (secondary N) is 1. The lowest BCUT2D eigenvalue weighted by Crippen LogP contribution is -2.37. The van der Waals surface area contributed by atoms with Gasteiger partial charge in [0.25, 0.3) is 0 Å². The SMILES string of the molecule is COc1ccc(/C=N\Nc2cc(C)nc(N3CCOCC3)n2)cc1. The molecule has 126 valence electrons. The zero-order valence-corrected chi connectivity index (χ0v) is 13.9. The largest absolute Gasteiger partial charge is 0.497 e. The second-order valence-corrected chi connectivity index (χ2v) is 5.44. The van der Waals surface area contributed by atoms with E-state index in [0.29, 0.717) is 25.0 Å². The van der Waals surface area contributed by atoms with E-state index in [4.69, 9.17) is 9.47 Å². The minimum atomic E-state index is 0.675. The number of ether oxygens (including phenoxy) is 2. The van der Waals surface area contributed by atoms with Crippen LogP contribution in [0.3, 0.4) is 0 Å². The number of methoxy groups -OCH3 is 1. The van der Waals surface area contributed by atoms with Crippen molar-refractivity contribution in [3.63, 3.8) is 0 Å². The Balaban J connectivity index is 1.67. The molecule has 2 heterocycles. The third-order valence-electron chi connectivity index (χ3n) is 3.64. The summed E-state index contributed by atoms with van der Waals surface area (Å²) in [5.74, 6) is 2.20. The molecule has 1 saturated heterocycles. The van der Waals surface area contributed by atoms with Crippen LogP contribution in [0.5, 0.6) is 5.75 Å². The van der Waals surface area contributed by atoms with Crippen molar-refractivity contribution in [2.24, 2.45) is 5.10 Å². The maximum Gasteiger partial charge on any atom is 0.227 e. The highest BCUT2D eigenvalue weighted by Gasteiger charge is 2.14. The van der Waals surface area contributed by atoms with Gasteiger partial charge in [0.15, 0.2) is 5.82 Å². The number of aromatic nitrogens is 2. The average Bonchev–Trinajstić information content (AvgIpc) is 2.63. The van der Waals surface area contributed by atoms with E-state index in [0.717, 1.165) is 30.1 Å². The van der Waals surface area contributed by atoms with E-state index < -0.39 is 0 Å². The Kier molecular flexibility index (Phi) is 5.22. The molecule has 1 aromatic heterocycles. The third-order valence-corrected chi connectivity index (χ3v) is 3.64. The number of hydrogen-bond acceptors (Lipinski definition) is 7. The fourth-order valence-corrected chi connectivity index (χ4v) is 2.38. The maximum atomic E-state index is 5.37. The van der Waals surface area contributed by atoms with Crippen molar-refractivity contribution in [3.8, 4) is 5.75 Å². The molecule has 0 aliphatic carbocycles. The molecule has 1 fully saturated rings. The molecule has 1 aromatic carbocycles. The maximum absolute atomic E-state index is 5.37. The molecular weight excluding hydrogens is 306 g/mol. The minimum Gasteiger partial charge on any atom is -0.497 e. The van der Waals surface area contributed by atoms with Gasteiger partial charge in [-0.25, -0.2) is 4.98 Å². The lowest BCUT2D eigenvalue weighted by molar-refractivity contribution is 0.122. The van der Waals surface area contributed by atoms with Crippen LogP contribution in [0.1, 0.15) is 11.3 Å². The summed E-state index contributed by atoms with van der Waals surface area (Å²) in [4.78, 5) is 11.1. The van der Waals surface area contributed by atoms with E-state index in [9.17, 15) is 0 Å². The molecule has 7 heteroatoms. The van der Waals surface area contributed by atoms with Crippen LogP contribution >= 0.6 is 0 Å². The second-order valence-electron chi connectivity index (χ2n) is 5.44. The van der Waals surface area contributed by atoms with Crippen molar-refractivity contribution in [3.05, 3.63) is 41.6 Å². The van der Waals surface area contributed by atoms with Crippen molar-refractivity contribution >= 4 is 18.0 Å². The summed E-state index contributed by atoms with van der Waals surface area (Å²) in [6.45, 7) is 4.96. The first-order valence-corrected chi connectivity index (χ1v) is 7.86. The number of hydrazone groups is 1. The van der Waals surface area contributed by atoms with Gasteiger partial charge in [0.05, 0.1) is 26.5 Å². The monoisotopic (exact) mass is 327 g/mol. The van der Waals surface area contributed by atoms with Gasteiger partial charge in [0.2, 0.25) is 5.95 Å². The topological polar surface area (TPSA) is 71.9 Å². The van der Waals surface area contributed by atoms with E-state index in [1.54, 1.807) is 13.3 Å². The highest BCUT2D eigenvalue weighted by Crippen LogP contribution is 2.15.